The molecule has 1 saturated heterocycles. The van der Waals surface area contributed by atoms with Crippen LogP contribution in [0.4, 0.5) is 5.69 Å². The first-order chi connectivity index (χ1) is 14.2. The van der Waals surface area contributed by atoms with Crippen molar-refractivity contribution >= 4 is 29.0 Å². The highest BCUT2D eigenvalue weighted by atomic mass is 16.1. The number of H-pyrrole nitrogens is 1. The summed E-state index contributed by atoms with van der Waals surface area (Å²) in [6.45, 7) is 6.30. The summed E-state index contributed by atoms with van der Waals surface area (Å²) in [4.78, 5) is 26.4. The number of rotatable bonds is 6. The first kappa shape index (κ1) is 19.2. The number of imidazole rings is 1. The molecule has 0 atom stereocenters. The number of carbonyl (C=O) groups is 1. The van der Waals surface area contributed by atoms with Crippen molar-refractivity contribution in [3.63, 3.8) is 0 Å². The molecule has 1 fully saturated rings. The second kappa shape index (κ2) is 8.11. The first-order valence-corrected chi connectivity index (χ1v) is 10.4. The molecule has 1 amide bonds. The van der Waals surface area contributed by atoms with Gasteiger partial charge in [0.2, 0.25) is 0 Å². The van der Waals surface area contributed by atoms with Crippen LogP contribution in [0.3, 0.4) is 0 Å². The summed E-state index contributed by atoms with van der Waals surface area (Å²) in [5, 5.41) is 0. The van der Waals surface area contributed by atoms with E-state index in [9.17, 15) is 4.79 Å². The first-order valence-electron chi connectivity index (χ1n) is 10.4. The number of aromatic amines is 1. The normalized spacial score (nSPS) is 14.7. The Bertz CT molecular complexity index is 1040. The molecule has 0 unspecified atom stereocenters. The van der Waals surface area contributed by atoms with Crippen molar-refractivity contribution in [1.29, 1.82) is 0 Å². The summed E-state index contributed by atoms with van der Waals surface area (Å²) in [6, 6.07) is 8.78. The fourth-order valence-electron chi connectivity index (χ4n) is 4.27. The lowest BCUT2D eigenvalue weighted by atomic mass is 10.1. The van der Waals surface area contributed by atoms with Crippen molar-refractivity contribution in [2.45, 2.75) is 45.6 Å². The Balaban J connectivity index is 1.75. The zero-order valence-electron chi connectivity index (χ0n) is 17.1. The summed E-state index contributed by atoms with van der Waals surface area (Å²) in [5.74, 6) is -0.347. The van der Waals surface area contributed by atoms with Crippen LogP contribution >= 0.6 is 0 Å². The van der Waals surface area contributed by atoms with E-state index in [1.807, 2.05) is 12.4 Å². The number of nitrogens with one attached hydrogen (secondary N) is 1. The number of carbonyl (C=O) groups excluding carboxylic acids is 1. The largest absolute Gasteiger partial charge is 0.390 e. The molecule has 29 heavy (non-hydrogen) atoms. The van der Waals surface area contributed by atoms with Crippen molar-refractivity contribution in [2.75, 3.05) is 18.0 Å². The van der Waals surface area contributed by atoms with Crippen molar-refractivity contribution < 1.29 is 4.79 Å². The van der Waals surface area contributed by atoms with Crippen molar-refractivity contribution in [3.8, 4) is 11.3 Å². The monoisotopic (exact) mass is 392 g/mol. The number of nitrogens with two attached hydrogens (primary N) is 1. The van der Waals surface area contributed by atoms with Gasteiger partial charge in [0.15, 0.2) is 0 Å². The fraction of sp³-hybridized carbons (Fsp3) is 0.409. The van der Waals surface area contributed by atoms with E-state index in [-0.39, 0.29) is 5.91 Å². The molecular weight excluding hydrogens is 364 g/mol. The van der Waals surface area contributed by atoms with E-state index >= 15 is 0 Å². The average molecular weight is 393 g/mol. The van der Waals surface area contributed by atoms with E-state index in [0.29, 0.717) is 11.7 Å². The minimum Gasteiger partial charge on any atom is -0.390 e. The van der Waals surface area contributed by atoms with Crippen LogP contribution in [0.1, 0.15) is 56.1 Å². The average Bonchev–Trinajstić information content (AvgIpc) is 3.48. The summed E-state index contributed by atoms with van der Waals surface area (Å²) in [7, 11) is 0. The smallest absolute Gasteiger partial charge is 0.296 e. The molecule has 1 aliphatic heterocycles. The topological polar surface area (TPSA) is 92.3 Å². The lowest BCUT2D eigenvalue weighted by Gasteiger charge is -2.16. The molecule has 0 radical (unpaired) electrons. The molecule has 3 heterocycles. The number of benzene rings is 1. The van der Waals surface area contributed by atoms with Gasteiger partial charge in [-0.15, -0.1) is 0 Å². The zero-order valence-corrected chi connectivity index (χ0v) is 17.1. The summed E-state index contributed by atoms with van der Waals surface area (Å²) in [5.41, 5.74) is 10.7. The SMILES string of the molecule is CCC(CC)n1cnc2cc(-c3cc(N4CCCC4)c(C(=O)N=CN)[nH]3)ccc21. The van der Waals surface area contributed by atoms with Gasteiger partial charge < -0.3 is 20.2 Å². The zero-order chi connectivity index (χ0) is 20.4. The lowest BCUT2D eigenvalue weighted by Crippen LogP contribution is -2.19. The number of nitrogens with zero attached hydrogens (tertiary/aromatic N) is 4. The molecule has 2 aromatic heterocycles. The van der Waals surface area contributed by atoms with Crippen LogP contribution < -0.4 is 10.6 Å². The Morgan fingerprint density at radius 1 is 1.28 bits per heavy atom. The highest BCUT2D eigenvalue weighted by Crippen LogP contribution is 2.33. The second-order valence-electron chi connectivity index (χ2n) is 7.55. The van der Waals surface area contributed by atoms with Crippen LogP contribution in [0.25, 0.3) is 22.3 Å². The van der Waals surface area contributed by atoms with E-state index < -0.39 is 0 Å². The fourth-order valence-corrected chi connectivity index (χ4v) is 4.27. The van der Waals surface area contributed by atoms with Crippen LogP contribution in [0, 0.1) is 0 Å². The van der Waals surface area contributed by atoms with E-state index in [2.05, 4.69) is 56.5 Å². The number of fused-ring (bicyclic) bond motifs is 1. The van der Waals surface area contributed by atoms with Gasteiger partial charge in [-0.3, -0.25) is 4.79 Å². The summed E-state index contributed by atoms with van der Waals surface area (Å²) < 4.78 is 2.26. The Morgan fingerprint density at radius 3 is 2.72 bits per heavy atom. The van der Waals surface area contributed by atoms with Gasteiger partial charge in [-0.1, -0.05) is 19.9 Å². The van der Waals surface area contributed by atoms with Crippen LogP contribution in [0.5, 0.6) is 0 Å². The molecule has 0 spiro atoms. The van der Waals surface area contributed by atoms with Crippen molar-refractivity contribution in [1.82, 2.24) is 14.5 Å². The van der Waals surface area contributed by atoms with Crippen LogP contribution in [-0.4, -0.2) is 39.9 Å². The van der Waals surface area contributed by atoms with Crippen LogP contribution in [-0.2, 0) is 0 Å². The van der Waals surface area contributed by atoms with Gasteiger partial charge in [-0.2, -0.15) is 4.99 Å². The molecule has 0 bridgehead atoms. The summed E-state index contributed by atoms with van der Waals surface area (Å²) >= 11 is 0. The molecule has 0 aliphatic carbocycles. The quantitative estimate of drug-likeness (QED) is 0.487. The number of anilines is 1. The lowest BCUT2D eigenvalue weighted by molar-refractivity contribution is 0.1000. The molecule has 1 aromatic carbocycles. The highest BCUT2D eigenvalue weighted by molar-refractivity contribution is 6.03. The minimum atomic E-state index is -0.347. The third-order valence-corrected chi connectivity index (χ3v) is 5.87. The maximum absolute atomic E-state index is 12.5. The number of hydrogen-bond acceptors (Lipinski definition) is 3. The molecule has 0 saturated carbocycles. The standard InChI is InChI=1S/C22H28N6O/c1-3-16(4-2)28-14-25-18-11-15(7-8-19(18)28)17-12-20(27-9-5-6-10-27)21(26-17)22(29)24-13-23/h7-8,11-14,16,26H,3-6,9-10H2,1-2H3,(H2,23,24,29). The van der Waals surface area contributed by atoms with Gasteiger partial charge in [-0.05, 0) is 43.9 Å². The van der Waals surface area contributed by atoms with Crippen LogP contribution in [0.2, 0.25) is 0 Å². The van der Waals surface area contributed by atoms with Gasteiger partial charge in [0.25, 0.3) is 5.91 Å². The van der Waals surface area contributed by atoms with Gasteiger partial charge >= 0.3 is 0 Å². The number of aromatic nitrogens is 3. The highest BCUT2D eigenvalue weighted by Gasteiger charge is 2.23. The van der Waals surface area contributed by atoms with Gasteiger partial charge in [-0.25, -0.2) is 4.98 Å². The molecule has 152 valence electrons. The van der Waals surface area contributed by atoms with E-state index in [4.69, 9.17) is 5.73 Å². The van der Waals surface area contributed by atoms with Gasteiger partial charge in [0.05, 0.1) is 29.4 Å². The Morgan fingerprint density at radius 2 is 2.03 bits per heavy atom. The third-order valence-electron chi connectivity index (χ3n) is 5.87. The molecule has 7 nitrogen and oxygen atoms in total. The molecule has 4 rings (SSSR count). The van der Waals surface area contributed by atoms with Crippen LogP contribution in [0.15, 0.2) is 35.6 Å². The maximum atomic E-state index is 12.5. The van der Waals surface area contributed by atoms with E-state index in [1.165, 1.54) is 0 Å². The minimum absolute atomic E-state index is 0.347. The molecular formula is C22H28N6O. The Labute approximate surface area is 170 Å². The van der Waals surface area contributed by atoms with Crippen molar-refractivity contribution in [3.05, 3.63) is 36.3 Å². The predicted molar refractivity (Wildman–Crippen MR) is 118 cm³/mol. The molecule has 7 heteroatoms. The number of amides is 1. The number of aliphatic imine (C=N–C) groups is 1. The Hall–Kier alpha value is -3.09. The Kier molecular flexibility index (Phi) is 5.38. The maximum Gasteiger partial charge on any atom is 0.296 e. The van der Waals surface area contributed by atoms with E-state index in [0.717, 1.165) is 73.1 Å². The molecule has 1 aliphatic rings. The van der Waals surface area contributed by atoms with E-state index in [1.54, 1.807) is 0 Å². The van der Waals surface area contributed by atoms with Crippen molar-refractivity contribution in [2.24, 2.45) is 10.7 Å². The summed E-state index contributed by atoms with van der Waals surface area (Å²) in [6.07, 6.45) is 7.40. The molecule has 3 N–H and O–H groups in total. The number of hydrogen-bond donors (Lipinski definition) is 2. The van der Waals surface area contributed by atoms with Gasteiger partial charge in [0.1, 0.15) is 5.69 Å². The predicted octanol–water partition coefficient (Wildman–Crippen LogP) is 4.12. The third kappa shape index (κ3) is 3.52. The second-order valence-corrected chi connectivity index (χ2v) is 7.55. The molecule has 3 aromatic rings. The van der Waals surface area contributed by atoms with Gasteiger partial charge in [0, 0.05) is 30.4 Å².